The van der Waals surface area contributed by atoms with E-state index in [2.05, 4.69) is 5.10 Å². The van der Waals surface area contributed by atoms with Gasteiger partial charge in [-0.2, -0.15) is 0 Å². The van der Waals surface area contributed by atoms with Crippen LogP contribution in [0.3, 0.4) is 0 Å². The smallest absolute Gasteiger partial charge is 0.308 e. The first-order valence-corrected chi connectivity index (χ1v) is 6.00. The van der Waals surface area contributed by atoms with Gasteiger partial charge in [-0.15, -0.1) is 0 Å². The number of aromatic amines is 1. The molecule has 1 aromatic carbocycles. The number of nitrogens with zero attached hydrogens (tertiary/aromatic N) is 1. The molecule has 0 spiro atoms. The maximum Gasteiger partial charge on any atom is 0.308 e. The van der Waals surface area contributed by atoms with Crippen LogP contribution in [0.5, 0.6) is 0 Å². The van der Waals surface area contributed by atoms with E-state index in [1.54, 1.807) is 6.92 Å². The number of rotatable bonds is 3. The predicted molar refractivity (Wildman–Crippen MR) is 71.9 cm³/mol. The van der Waals surface area contributed by atoms with Gasteiger partial charge in [-0.3, -0.25) is 14.7 Å². The van der Waals surface area contributed by atoms with Gasteiger partial charge < -0.3 is 5.11 Å². The molecule has 2 rings (SSSR count). The molecular weight excluding hydrogens is 244 g/mol. The minimum Gasteiger partial charge on any atom is -0.481 e. The third-order valence-electron chi connectivity index (χ3n) is 3.34. The number of hydrogen-bond acceptors (Lipinski definition) is 2. The van der Waals surface area contributed by atoms with Crippen LogP contribution >= 0.6 is 0 Å². The maximum absolute atomic E-state index is 12.3. The van der Waals surface area contributed by atoms with Crippen LogP contribution < -0.4 is 5.56 Å². The summed E-state index contributed by atoms with van der Waals surface area (Å²) in [6, 6.07) is 5.68. The molecule has 0 bridgehead atoms. The number of carboxylic acid groups (broad SMARTS) is 1. The van der Waals surface area contributed by atoms with Crippen LogP contribution in [0, 0.1) is 20.8 Å². The van der Waals surface area contributed by atoms with E-state index in [9.17, 15) is 9.59 Å². The summed E-state index contributed by atoms with van der Waals surface area (Å²) in [6.45, 7) is 5.61. The van der Waals surface area contributed by atoms with E-state index in [0.29, 0.717) is 11.3 Å². The van der Waals surface area contributed by atoms with E-state index in [-0.39, 0.29) is 12.0 Å². The van der Waals surface area contributed by atoms with Crippen molar-refractivity contribution in [2.24, 2.45) is 0 Å². The van der Waals surface area contributed by atoms with Crippen LogP contribution in [-0.4, -0.2) is 20.9 Å². The fourth-order valence-corrected chi connectivity index (χ4v) is 2.09. The molecule has 0 unspecified atom stereocenters. The topological polar surface area (TPSA) is 75.1 Å². The monoisotopic (exact) mass is 260 g/mol. The molecule has 5 heteroatoms. The summed E-state index contributed by atoms with van der Waals surface area (Å²) in [5.74, 6) is -1.01. The van der Waals surface area contributed by atoms with E-state index in [4.69, 9.17) is 5.11 Å². The Morgan fingerprint density at radius 2 is 2.00 bits per heavy atom. The van der Waals surface area contributed by atoms with Crippen molar-refractivity contribution in [3.63, 3.8) is 0 Å². The van der Waals surface area contributed by atoms with E-state index < -0.39 is 5.97 Å². The first-order valence-electron chi connectivity index (χ1n) is 6.00. The Labute approximate surface area is 110 Å². The van der Waals surface area contributed by atoms with Crippen molar-refractivity contribution in [2.45, 2.75) is 27.2 Å². The highest BCUT2D eigenvalue weighted by atomic mass is 16.4. The van der Waals surface area contributed by atoms with Gasteiger partial charge in [0.15, 0.2) is 0 Å². The number of carbonyl (C=O) groups is 1. The zero-order chi connectivity index (χ0) is 14.2. The lowest BCUT2D eigenvalue weighted by Crippen LogP contribution is -2.20. The van der Waals surface area contributed by atoms with Gasteiger partial charge in [0.05, 0.1) is 17.7 Å². The van der Waals surface area contributed by atoms with Crippen molar-refractivity contribution in [2.75, 3.05) is 0 Å². The first kappa shape index (κ1) is 13.1. The third-order valence-corrected chi connectivity index (χ3v) is 3.34. The summed E-state index contributed by atoms with van der Waals surface area (Å²) in [7, 11) is 0. The number of carboxylic acids is 1. The summed E-state index contributed by atoms with van der Waals surface area (Å²) in [6.07, 6.45) is -0.265. The molecule has 0 aliphatic rings. The number of aryl methyl sites for hydroxylation is 2. The highest BCUT2D eigenvalue weighted by Gasteiger charge is 2.16. The van der Waals surface area contributed by atoms with Crippen molar-refractivity contribution in [3.05, 3.63) is 50.9 Å². The van der Waals surface area contributed by atoms with Crippen LogP contribution in [-0.2, 0) is 11.2 Å². The average Bonchev–Trinajstić information content (AvgIpc) is 2.60. The predicted octanol–water partition coefficient (Wildman–Crippen LogP) is 1.72. The zero-order valence-electron chi connectivity index (χ0n) is 11.2. The molecule has 1 aromatic heterocycles. The number of H-pyrrole nitrogens is 1. The standard InChI is InChI=1S/C14H16N2O3/c1-8-5-4-6-12(9(8)2)16-14(19)11(7-13(17)18)10(3)15-16/h4-6,15H,7H2,1-3H3,(H,17,18). The Hall–Kier alpha value is -2.30. The van der Waals surface area contributed by atoms with Crippen molar-refractivity contribution in [1.29, 1.82) is 0 Å². The van der Waals surface area contributed by atoms with Crippen LogP contribution in [0.2, 0.25) is 0 Å². The van der Waals surface area contributed by atoms with Gasteiger partial charge in [0.25, 0.3) is 5.56 Å². The van der Waals surface area contributed by atoms with E-state index in [1.807, 2.05) is 32.0 Å². The minimum absolute atomic E-state index is 0.265. The largest absolute Gasteiger partial charge is 0.481 e. The quantitative estimate of drug-likeness (QED) is 0.882. The Morgan fingerprint density at radius 3 is 2.63 bits per heavy atom. The van der Waals surface area contributed by atoms with Gasteiger partial charge in [0, 0.05) is 5.69 Å². The highest BCUT2D eigenvalue weighted by Crippen LogP contribution is 2.16. The lowest BCUT2D eigenvalue weighted by atomic mass is 10.1. The molecule has 0 atom stereocenters. The summed E-state index contributed by atoms with van der Waals surface area (Å²) < 4.78 is 1.41. The normalized spacial score (nSPS) is 10.7. The second-order valence-corrected chi connectivity index (χ2v) is 4.65. The van der Waals surface area contributed by atoms with E-state index in [1.165, 1.54) is 4.68 Å². The molecule has 0 saturated carbocycles. The number of hydrogen-bond donors (Lipinski definition) is 2. The lowest BCUT2D eigenvalue weighted by molar-refractivity contribution is -0.136. The molecule has 5 nitrogen and oxygen atoms in total. The van der Waals surface area contributed by atoms with Crippen molar-refractivity contribution in [1.82, 2.24) is 9.78 Å². The molecular formula is C14H16N2O3. The van der Waals surface area contributed by atoms with Crippen LogP contribution in [0.15, 0.2) is 23.0 Å². The average molecular weight is 260 g/mol. The zero-order valence-corrected chi connectivity index (χ0v) is 11.2. The Bertz CT molecular complexity index is 695. The minimum atomic E-state index is -1.01. The van der Waals surface area contributed by atoms with Crippen molar-refractivity contribution < 1.29 is 9.90 Å². The van der Waals surface area contributed by atoms with Crippen molar-refractivity contribution in [3.8, 4) is 5.69 Å². The fraction of sp³-hybridized carbons (Fsp3) is 0.286. The highest BCUT2D eigenvalue weighted by molar-refractivity contribution is 5.70. The summed E-state index contributed by atoms with van der Waals surface area (Å²) in [5, 5.41) is 11.8. The summed E-state index contributed by atoms with van der Waals surface area (Å²) in [4.78, 5) is 23.0. The number of aromatic nitrogens is 2. The molecule has 0 fully saturated rings. The first-order chi connectivity index (χ1) is 8.91. The molecule has 0 radical (unpaired) electrons. The van der Waals surface area contributed by atoms with E-state index >= 15 is 0 Å². The van der Waals surface area contributed by atoms with E-state index in [0.717, 1.165) is 16.8 Å². The van der Waals surface area contributed by atoms with Gasteiger partial charge in [0.2, 0.25) is 0 Å². The number of benzene rings is 1. The molecule has 0 aliphatic heterocycles. The number of nitrogens with one attached hydrogen (secondary N) is 1. The van der Waals surface area contributed by atoms with Crippen molar-refractivity contribution >= 4 is 5.97 Å². The third kappa shape index (κ3) is 2.31. The van der Waals surface area contributed by atoms with Crippen LogP contribution in [0.25, 0.3) is 5.69 Å². The van der Waals surface area contributed by atoms with Gasteiger partial charge in [0.1, 0.15) is 0 Å². The molecule has 19 heavy (non-hydrogen) atoms. The molecule has 0 saturated heterocycles. The maximum atomic E-state index is 12.3. The summed E-state index contributed by atoms with van der Waals surface area (Å²) >= 11 is 0. The lowest BCUT2D eigenvalue weighted by Gasteiger charge is -2.08. The molecule has 100 valence electrons. The molecule has 1 heterocycles. The SMILES string of the molecule is Cc1cccc(-n2[nH]c(C)c(CC(=O)O)c2=O)c1C. The van der Waals surface area contributed by atoms with Crippen LogP contribution in [0.4, 0.5) is 0 Å². The van der Waals surface area contributed by atoms with Crippen LogP contribution in [0.1, 0.15) is 22.4 Å². The van der Waals surface area contributed by atoms with Gasteiger partial charge in [-0.05, 0) is 38.0 Å². The molecule has 0 amide bonds. The Morgan fingerprint density at radius 1 is 1.32 bits per heavy atom. The van der Waals surface area contributed by atoms with Gasteiger partial charge >= 0.3 is 5.97 Å². The number of aliphatic carboxylic acids is 1. The second kappa shape index (κ2) is 4.76. The second-order valence-electron chi connectivity index (χ2n) is 4.65. The molecule has 0 aliphatic carbocycles. The van der Waals surface area contributed by atoms with Gasteiger partial charge in [-0.1, -0.05) is 12.1 Å². The fourth-order valence-electron chi connectivity index (χ4n) is 2.09. The van der Waals surface area contributed by atoms with Gasteiger partial charge in [-0.25, -0.2) is 4.68 Å². The molecule has 2 aromatic rings. The Kier molecular flexibility index (Phi) is 3.29. The summed E-state index contributed by atoms with van der Waals surface area (Å²) in [5.41, 5.74) is 3.42. The Balaban J connectivity index is 2.62. The molecule has 2 N–H and O–H groups in total.